The van der Waals surface area contributed by atoms with Gasteiger partial charge < -0.3 is 10.1 Å². The van der Waals surface area contributed by atoms with Crippen LogP contribution in [0.3, 0.4) is 0 Å². The molecule has 0 unspecified atom stereocenters. The highest BCUT2D eigenvalue weighted by molar-refractivity contribution is 7.89. The SMILES string of the molecule is COc1ccc(S(=O)(=O)N2CCC[C@@H](C(=O)NCc3ccc(S(=O)(=O)N4CCCC4)cc3)C2)cc1. The smallest absolute Gasteiger partial charge is 0.243 e. The maximum atomic E-state index is 13.0. The first-order valence-corrected chi connectivity index (χ1v) is 14.6. The number of hydrogen-bond acceptors (Lipinski definition) is 6. The summed E-state index contributed by atoms with van der Waals surface area (Å²) in [5.41, 5.74) is 0.775. The molecule has 2 heterocycles. The molecule has 1 atom stereocenters. The zero-order chi connectivity index (χ0) is 25.1. The van der Waals surface area contributed by atoms with Crippen LogP contribution in [0.5, 0.6) is 5.75 Å². The van der Waals surface area contributed by atoms with Gasteiger partial charge >= 0.3 is 0 Å². The Hall–Kier alpha value is -2.47. The molecule has 1 N–H and O–H groups in total. The molecule has 2 fully saturated rings. The number of rotatable bonds is 8. The van der Waals surface area contributed by atoms with Gasteiger partial charge in [0.05, 0.1) is 22.8 Å². The minimum Gasteiger partial charge on any atom is -0.497 e. The van der Waals surface area contributed by atoms with Gasteiger partial charge in [-0.15, -0.1) is 0 Å². The van der Waals surface area contributed by atoms with Crippen molar-refractivity contribution in [3.05, 3.63) is 54.1 Å². The zero-order valence-electron chi connectivity index (χ0n) is 19.7. The number of amides is 1. The Labute approximate surface area is 207 Å². The summed E-state index contributed by atoms with van der Waals surface area (Å²) in [5, 5.41) is 2.87. The summed E-state index contributed by atoms with van der Waals surface area (Å²) in [4.78, 5) is 13.2. The fraction of sp³-hybridized carbons (Fsp3) is 0.458. The van der Waals surface area contributed by atoms with Crippen molar-refractivity contribution in [1.29, 1.82) is 0 Å². The van der Waals surface area contributed by atoms with Crippen molar-refractivity contribution in [3.63, 3.8) is 0 Å². The van der Waals surface area contributed by atoms with Crippen molar-refractivity contribution < 1.29 is 26.4 Å². The molecule has 0 spiro atoms. The van der Waals surface area contributed by atoms with Gasteiger partial charge in [-0.05, 0) is 67.6 Å². The Morgan fingerprint density at radius 2 is 1.40 bits per heavy atom. The molecule has 2 aromatic rings. The van der Waals surface area contributed by atoms with Gasteiger partial charge in [0.2, 0.25) is 26.0 Å². The van der Waals surface area contributed by atoms with Crippen LogP contribution in [0.15, 0.2) is 58.3 Å². The van der Waals surface area contributed by atoms with Crippen LogP contribution in [0.1, 0.15) is 31.2 Å². The van der Waals surface area contributed by atoms with E-state index in [9.17, 15) is 21.6 Å². The highest BCUT2D eigenvalue weighted by Crippen LogP contribution is 2.26. The summed E-state index contributed by atoms with van der Waals surface area (Å²) >= 11 is 0. The lowest BCUT2D eigenvalue weighted by molar-refractivity contribution is -0.126. The van der Waals surface area contributed by atoms with E-state index in [0.29, 0.717) is 38.2 Å². The van der Waals surface area contributed by atoms with E-state index >= 15 is 0 Å². The van der Waals surface area contributed by atoms with Crippen molar-refractivity contribution in [2.45, 2.75) is 42.0 Å². The number of piperidine rings is 1. The Kier molecular flexibility index (Phi) is 7.80. The second-order valence-corrected chi connectivity index (χ2v) is 12.7. The van der Waals surface area contributed by atoms with Crippen molar-refractivity contribution >= 4 is 26.0 Å². The fourth-order valence-corrected chi connectivity index (χ4v) is 7.50. The van der Waals surface area contributed by atoms with Crippen LogP contribution in [0.2, 0.25) is 0 Å². The molecule has 0 aliphatic carbocycles. The van der Waals surface area contributed by atoms with Gasteiger partial charge in [0.25, 0.3) is 0 Å². The molecule has 1 amide bonds. The molecule has 9 nitrogen and oxygen atoms in total. The fourth-order valence-electron chi connectivity index (χ4n) is 4.46. The Balaban J connectivity index is 1.35. The molecular weight excluding hydrogens is 490 g/mol. The van der Waals surface area contributed by atoms with Crippen molar-refractivity contribution in [2.24, 2.45) is 5.92 Å². The third kappa shape index (κ3) is 5.69. The maximum absolute atomic E-state index is 13.0. The molecule has 0 bridgehead atoms. The Morgan fingerprint density at radius 3 is 2.00 bits per heavy atom. The molecule has 0 saturated carbocycles. The minimum absolute atomic E-state index is 0.118. The van der Waals surface area contributed by atoms with E-state index in [1.54, 1.807) is 36.4 Å². The second-order valence-electron chi connectivity index (χ2n) is 8.85. The standard InChI is InChI=1S/C24H31N3O6S2/c1-33-21-8-12-23(13-9-21)35(31,32)27-16-4-5-20(18-27)24(28)25-17-19-6-10-22(11-7-19)34(29,30)26-14-2-3-15-26/h6-13,20H,2-5,14-18H2,1H3,(H,25,28)/t20-/m1/s1. The molecule has 11 heteroatoms. The summed E-state index contributed by atoms with van der Waals surface area (Å²) in [6.45, 7) is 1.82. The summed E-state index contributed by atoms with van der Waals surface area (Å²) in [6.07, 6.45) is 2.96. The van der Waals surface area contributed by atoms with Gasteiger partial charge in [-0.3, -0.25) is 4.79 Å². The molecular formula is C24H31N3O6S2. The zero-order valence-corrected chi connectivity index (χ0v) is 21.4. The molecule has 2 aromatic carbocycles. The topological polar surface area (TPSA) is 113 Å². The normalized spacial score (nSPS) is 20.0. The number of sulfonamides is 2. The first-order chi connectivity index (χ1) is 16.7. The van der Waals surface area contributed by atoms with Crippen LogP contribution in [0.4, 0.5) is 0 Å². The van der Waals surface area contributed by atoms with Crippen LogP contribution in [-0.4, -0.2) is 64.6 Å². The van der Waals surface area contributed by atoms with E-state index in [1.807, 2.05) is 0 Å². The number of carbonyl (C=O) groups is 1. The van der Waals surface area contributed by atoms with Crippen LogP contribution in [0.25, 0.3) is 0 Å². The first-order valence-electron chi connectivity index (χ1n) is 11.7. The van der Waals surface area contributed by atoms with Gasteiger partial charge in [0.1, 0.15) is 5.75 Å². The Morgan fingerprint density at radius 1 is 0.857 bits per heavy atom. The monoisotopic (exact) mass is 521 g/mol. The van der Waals surface area contributed by atoms with Gasteiger partial charge in [0.15, 0.2) is 0 Å². The number of ether oxygens (including phenoxy) is 1. The summed E-state index contributed by atoms with van der Waals surface area (Å²) in [5.74, 6) is -0.0958. The number of hydrogen-bond donors (Lipinski definition) is 1. The van der Waals surface area contributed by atoms with Crippen molar-refractivity contribution in [2.75, 3.05) is 33.3 Å². The van der Waals surface area contributed by atoms with Gasteiger partial charge in [-0.2, -0.15) is 8.61 Å². The van der Waals surface area contributed by atoms with E-state index < -0.39 is 26.0 Å². The summed E-state index contributed by atoms with van der Waals surface area (Å²) < 4.78 is 59.4. The van der Waals surface area contributed by atoms with E-state index in [4.69, 9.17) is 4.74 Å². The highest BCUT2D eigenvalue weighted by atomic mass is 32.2. The minimum atomic E-state index is -3.71. The predicted octanol–water partition coefficient (Wildman–Crippen LogP) is 2.20. The quantitative estimate of drug-likeness (QED) is 0.570. The number of methoxy groups -OCH3 is 1. The number of nitrogens with zero attached hydrogens (tertiary/aromatic N) is 2. The average Bonchev–Trinajstić information content (AvgIpc) is 3.44. The highest BCUT2D eigenvalue weighted by Gasteiger charge is 2.33. The van der Waals surface area contributed by atoms with E-state index in [-0.39, 0.29) is 28.8 Å². The van der Waals surface area contributed by atoms with E-state index in [0.717, 1.165) is 18.4 Å². The molecule has 0 aromatic heterocycles. The maximum Gasteiger partial charge on any atom is 0.243 e. The van der Waals surface area contributed by atoms with Crippen molar-refractivity contribution in [1.82, 2.24) is 13.9 Å². The molecule has 4 rings (SSSR count). The van der Waals surface area contributed by atoms with Gasteiger partial charge in [0, 0.05) is 32.7 Å². The molecule has 2 aliphatic heterocycles. The van der Waals surface area contributed by atoms with Gasteiger partial charge in [-0.1, -0.05) is 12.1 Å². The summed E-state index contributed by atoms with van der Waals surface area (Å²) in [6, 6.07) is 12.7. The molecule has 0 radical (unpaired) electrons. The number of carbonyl (C=O) groups excluding carboxylic acids is 1. The van der Waals surface area contributed by atoms with Crippen LogP contribution in [0, 0.1) is 5.92 Å². The second kappa shape index (κ2) is 10.7. The largest absolute Gasteiger partial charge is 0.497 e. The third-order valence-corrected chi connectivity index (χ3v) is 10.3. The Bertz CT molecular complexity index is 1240. The van der Waals surface area contributed by atoms with Crippen LogP contribution in [-0.2, 0) is 31.4 Å². The van der Waals surface area contributed by atoms with Crippen molar-refractivity contribution in [3.8, 4) is 5.75 Å². The lowest BCUT2D eigenvalue weighted by Crippen LogP contribution is -2.45. The number of nitrogens with one attached hydrogen (secondary N) is 1. The average molecular weight is 522 g/mol. The number of benzene rings is 2. The molecule has 2 aliphatic rings. The first kappa shape index (κ1) is 25.6. The van der Waals surface area contributed by atoms with Gasteiger partial charge in [-0.25, -0.2) is 16.8 Å². The molecule has 2 saturated heterocycles. The molecule has 190 valence electrons. The summed E-state index contributed by atoms with van der Waals surface area (Å²) in [7, 11) is -5.67. The predicted molar refractivity (Wildman–Crippen MR) is 131 cm³/mol. The van der Waals surface area contributed by atoms with Crippen LogP contribution >= 0.6 is 0 Å². The molecule has 35 heavy (non-hydrogen) atoms. The third-order valence-electron chi connectivity index (χ3n) is 6.55. The lowest BCUT2D eigenvalue weighted by Gasteiger charge is -2.31. The van der Waals surface area contributed by atoms with Crippen LogP contribution < -0.4 is 10.1 Å². The van der Waals surface area contributed by atoms with E-state index in [2.05, 4.69) is 5.32 Å². The van der Waals surface area contributed by atoms with E-state index in [1.165, 1.54) is 27.9 Å². The lowest BCUT2D eigenvalue weighted by atomic mass is 9.99.